The standard InChI is InChI=1S/C20H28N4O/c1-2-21-20(22-11-10-19-9-6-16-25-19)24-14-12-23(13-15-24)17-18-7-4-3-5-8-18/h3-9,16H,2,10-15,17H2,1H3,(H,21,22). The van der Waals surface area contributed by atoms with E-state index in [4.69, 9.17) is 9.41 Å². The number of furan rings is 1. The van der Waals surface area contributed by atoms with Gasteiger partial charge in [-0.3, -0.25) is 9.89 Å². The van der Waals surface area contributed by atoms with Gasteiger partial charge in [0.1, 0.15) is 5.76 Å². The monoisotopic (exact) mass is 340 g/mol. The van der Waals surface area contributed by atoms with Crippen molar-refractivity contribution in [1.29, 1.82) is 0 Å². The lowest BCUT2D eigenvalue weighted by Gasteiger charge is -2.36. The zero-order valence-corrected chi connectivity index (χ0v) is 15.0. The van der Waals surface area contributed by atoms with Gasteiger partial charge >= 0.3 is 0 Å². The second kappa shape index (κ2) is 9.28. The Hall–Kier alpha value is -2.27. The molecular weight excluding hydrogens is 312 g/mol. The Morgan fingerprint density at radius 1 is 1.08 bits per heavy atom. The van der Waals surface area contributed by atoms with E-state index in [9.17, 15) is 0 Å². The van der Waals surface area contributed by atoms with Crippen LogP contribution in [0.3, 0.4) is 0 Å². The fourth-order valence-electron chi connectivity index (χ4n) is 3.11. The number of hydrogen-bond donors (Lipinski definition) is 1. The van der Waals surface area contributed by atoms with Crippen LogP contribution in [0.5, 0.6) is 0 Å². The van der Waals surface area contributed by atoms with Crippen molar-refractivity contribution >= 4 is 5.96 Å². The van der Waals surface area contributed by atoms with E-state index in [-0.39, 0.29) is 0 Å². The Morgan fingerprint density at radius 3 is 2.56 bits per heavy atom. The van der Waals surface area contributed by atoms with Gasteiger partial charge in [0.15, 0.2) is 5.96 Å². The minimum atomic E-state index is 0.750. The maximum Gasteiger partial charge on any atom is 0.194 e. The second-order valence-electron chi connectivity index (χ2n) is 6.31. The number of aliphatic imine (C=N–C) groups is 1. The molecule has 3 rings (SSSR count). The van der Waals surface area contributed by atoms with Crippen molar-refractivity contribution in [3.63, 3.8) is 0 Å². The molecule has 1 aliphatic heterocycles. The van der Waals surface area contributed by atoms with Crippen LogP contribution in [0.1, 0.15) is 18.2 Å². The van der Waals surface area contributed by atoms with Gasteiger partial charge in [0.2, 0.25) is 0 Å². The van der Waals surface area contributed by atoms with Crippen molar-refractivity contribution in [3.05, 3.63) is 60.1 Å². The average molecular weight is 340 g/mol. The van der Waals surface area contributed by atoms with E-state index in [0.717, 1.165) is 64.0 Å². The quantitative estimate of drug-likeness (QED) is 0.648. The molecule has 0 bridgehead atoms. The molecule has 0 radical (unpaired) electrons. The number of nitrogens with zero attached hydrogens (tertiary/aromatic N) is 3. The summed E-state index contributed by atoms with van der Waals surface area (Å²) in [6.07, 6.45) is 2.56. The molecule has 1 aromatic carbocycles. The first-order chi connectivity index (χ1) is 12.3. The maximum atomic E-state index is 5.38. The zero-order chi connectivity index (χ0) is 17.3. The summed E-state index contributed by atoms with van der Waals surface area (Å²) in [4.78, 5) is 9.65. The molecule has 2 heterocycles. The predicted octanol–water partition coefficient (Wildman–Crippen LogP) is 2.61. The van der Waals surface area contributed by atoms with E-state index in [1.807, 2.05) is 12.1 Å². The van der Waals surface area contributed by atoms with Crippen LogP contribution in [0, 0.1) is 0 Å². The highest BCUT2D eigenvalue weighted by Crippen LogP contribution is 2.09. The number of nitrogens with one attached hydrogen (secondary N) is 1. The van der Waals surface area contributed by atoms with Gasteiger partial charge in [-0.25, -0.2) is 0 Å². The van der Waals surface area contributed by atoms with Crippen LogP contribution in [0.25, 0.3) is 0 Å². The Balaban J connectivity index is 1.49. The summed E-state index contributed by atoms with van der Waals surface area (Å²) in [5, 5.41) is 3.42. The fraction of sp³-hybridized carbons (Fsp3) is 0.450. The molecule has 0 saturated carbocycles. The molecule has 0 spiro atoms. The molecule has 5 heteroatoms. The van der Waals surface area contributed by atoms with E-state index >= 15 is 0 Å². The average Bonchev–Trinajstić information content (AvgIpc) is 3.16. The number of rotatable bonds is 6. The first kappa shape index (κ1) is 17.5. The predicted molar refractivity (Wildman–Crippen MR) is 102 cm³/mol. The van der Waals surface area contributed by atoms with Gasteiger partial charge in [-0.15, -0.1) is 0 Å². The summed E-state index contributed by atoms with van der Waals surface area (Å²) in [5.74, 6) is 2.01. The third kappa shape index (κ3) is 5.36. The summed E-state index contributed by atoms with van der Waals surface area (Å²) in [6.45, 7) is 8.95. The van der Waals surface area contributed by atoms with Gasteiger partial charge in [-0.05, 0) is 24.6 Å². The van der Waals surface area contributed by atoms with E-state index in [1.54, 1.807) is 6.26 Å². The Kier molecular flexibility index (Phi) is 6.51. The van der Waals surface area contributed by atoms with Crippen LogP contribution in [-0.2, 0) is 13.0 Å². The van der Waals surface area contributed by atoms with E-state index in [0.29, 0.717) is 0 Å². The first-order valence-electron chi connectivity index (χ1n) is 9.17. The molecule has 1 saturated heterocycles. The van der Waals surface area contributed by atoms with Gasteiger partial charge in [0.25, 0.3) is 0 Å². The van der Waals surface area contributed by atoms with Crippen LogP contribution in [0.15, 0.2) is 58.1 Å². The van der Waals surface area contributed by atoms with Crippen LogP contribution in [-0.4, -0.2) is 55.0 Å². The number of guanidine groups is 1. The molecule has 134 valence electrons. The van der Waals surface area contributed by atoms with Gasteiger partial charge in [-0.1, -0.05) is 30.3 Å². The van der Waals surface area contributed by atoms with Crippen LogP contribution >= 0.6 is 0 Å². The summed E-state index contributed by atoms with van der Waals surface area (Å²) < 4.78 is 5.38. The van der Waals surface area contributed by atoms with Crippen molar-refractivity contribution in [2.24, 2.45) is 4.99 Å². The Labute approximate surface area is 150 Å². The molecule has 25 heavy (non-hydrogen) atoms. The topological polar surface area (TPSA) is 44.0 Å². The third-order valence-electron chi connectivity index (χ3n) is 4.46. The maximum absolute atomic E-state index is 5.38. The molecule has 1 aliphatic rings. The largest absolute Gasteiger partial charge is 0.469 e. The lowest BCUT2D eigenvalue weighted by molar-refractivity contribution is 0.172. The molecule has 1 N–H and O–H groups in total. The van der Waals surface area contributed by atoms with Gasteiger partial charge in [0.05, 0.1) is 6.26 Å². The van der Waals surface area contributed by atoms with Crippen molar-refractivity contribution in [1.82, 2.24) is 15.1 Å². The molecular formula is C20H28N4O. The normalized spacial score (nSPS) is 16.2. The van der Waals surface area contributed by atoms with Gasteiger partial charge < -0.3 is 14.6 Å². The van der Waals surface area contributed by atoms with Crippen LogP contribution < -0.4 is 5.32 Å². The van der Waals surface area contributed by atoms with Gasteiger partial charge in [-0.2, -0.15) is 0 Å². The summed E-state index contributed by atoms with van der Waals surface area (Å²) in [6, 6.07) is 14.6. The van der Waals surface area contributed by atoms with Crippen molar-refractivity contribution in [2.75, 3.05) is 39.3 Å². The Morgan fingerprint density at radius 2 is 1.88 bits per heavy atom. The summed E-state index contributed by atoms with van der Waals surface area (Å²) >= 11 is 0. The van der Waals surface area contributed by atoms with Crippen molar-refractivity contribution < 1.29 is 4.42 Å². The highest BCUT2D eigenvalue weighted by Gasteiger charge is 2.19. The summed E-state index contributed by atoms with van der Waals surface area (Å²) in [7, 11) is 0. The number of benzene rings is 1. The molecule has 0 aliphatic carbocycles. The number of hydrogen-bond acceptors (Lipinski definition) is 3. The van der Waals surface area contributed by atoms with Crippen LogP contribution in [0.2, 0.25) is 0 Å². The van der Waals surface area contributed by atoms with Gasteiger partial charge in [0, 0.05) is 52.2 Å². The van der Waals surface area contributed by atoms with E-state index in [1.165, 1.54) is 5.56 Å². The third-order valence-corrected chi connectivity index (χ3v) is 4.46. The minimum absolute atomic E-state index is 0.750. The number of piperazine rings is 1. The minimum Gasteiger partial charge on any atom is -0.469 e. The molecule has 0 amide bonds. The molecule has 1 aromatic heterocycles. The van der Waals surface area contributed by atoms with E-state index in [2.05, 4.69) is 52.4 Å². The van der Waals surface area contributed by atoms with E-state index < -0.39 is 0 Å². The fourth-order valence-corrected chi connectivity index (χ4v) is 3.11. The van der Waals surface area contributed by atoms with Crippen molar-refractivity contribution in [3.8, 4) is 0 Å². The zero-order valence-electron chi connectivity index (χ0n) is 15.0. The van der Waals surface area contributed by atoms with Crippen LogP contribution in [0.4, 0.5) is 0 Å². The SMILES string of the molecule is CCNC(=NCCc1ccco1)N1CCN(Cc2ccccc2)CC1. The highest BCUT2D eigenvalue weighted by molar-refractivity contribution is 5.80. The lowest BCUT2D eigenvalue weighted by Crippen LogP contribution is -2.52. The second-order valence-corrected chi connectivity index (χ2v) is 6.31. The summed E-state index contributed by atoms with van der Waals surface area (Å²) in [5.41, 5.74) is 1.38. The smallest absolute Gasteiger partial charge is 0.194 e. The first-order valence-corrected chi connectivity index (χ1v) is 9.17. The molecule has 1 fully saturated rings. The Bertz CT molecular complexity index is 631. The van der Waals surface area contributed by atoms with Crippen molar-refractivity contribution in [2.45, 2.75) is 19.9 Å². The molecule has 0 atom stereocenters. The molecule has 0 unspecified atom stereocenters. The molecule has 2 aromatic rings. The lowest BCUT2D eigenvalue weighted by atomic mass is 10.2. The highest BCUT2D eigenvalue weighted by atomic mass is 16.3. The molecule has 5 nitrogen and oxygen atoms in total.